The molecule has 0 bridgehead atoms. The quantitative estimate of drug-likeness (QED) is 0.803. The molecule has 2 aromatic rings. The van der Waals surface area contributed by atoms with Gasteiger partial charge in [0.15, 0.2) is 17.5 Å². The SMILES string of the molecule is Cc1ccc(F)c(NC(C)c2ccc(F)c(F)c2)c1F. The first-order chi connectivity index (χ1) is 9.40. The maximum absolute atomic E-state index is 13.8. The number of rotatable bonds is 3. The van der Waals surface area contributed by atoms with Gasteiger partial charge in [-0.1, -0.05) is 12.1 Å². The minimum absolute atomic E-state index is 0.276. The summed E-state index contributed by atoms with van der Waals surface area (Å²) in [6.07, 6.45) is 0. The molecule has 106 valence electrons. The fraction of sp³-hybridized carbons (Fsp3) is 0.200. The summed E-state index contributed by atoms with van der Waals surface area (Å²) in [6.45, 7) is 3.12. The first-order valence-electron chi connectivity index (χ1n) is 6.06. The second-order valence-corrected chi connectivity index (χ2v) is 4.59. The number of anilines is 1. The predicted octanol–water partition coefficient (Wildman–Crippen LogP) is 4.72. The van der Waals surface area contributed by atoms with Gasteiger partial charge in [0.1, 0.15) is 11.5 Å². The van der Waals surface area contributed by atoms with Crippen LogP contribution in [0.5, 0.6) is 0 Å². The van der Waals surface area contributed by atoms with E-state index in [2.05, 4.69) is 5.32 Å². The predicted molar refractivity (Wildman–Crippen MR) is 69.5 cm³/mol. The van der Waals surface area contributed by atoms with E-state index in [1.165, 1.54) is 19.1 Å². The smallest absolute Gasteiger partial charge is 0.159 e. The van der Waals surface area contributed by atoms with Crippen LogP contribution in [0.15, 0.2) is 30.3 Å². The molecule has 5 heteroatoms. The van der Waals surface area contributed by atoms with E-state index in [4.69, 9.17) is 0 Å². The van der Waals surface area contributed by atoms with Crippen LogP contribution in [0.1, 0.15) is 24.1 Å². The lowest BCUT2D eigenvalue weighted by Gasteiger charge is -2.17. The highest BCUT2D eigenvalue weighted by Crippen LogP contribution is 2.26. The highest BCUT2D eigenvalue weighted by molar-refractivity contribution is 5.50. The lowest BCUT2D eigenvalue weighted by molar-refractivity contribution is 0.506. The first-order valence-corrected chi connectivity index (χ1v) is 6.06. The van der Waals surface area contributed by atoms with E-state index in [1.807, 2.05) is 0 Å². The summed E-state index contributed by atoms with van der Waals surface area (Å²) in [7, 11) is 0. The van der Waals surface area contributed by atoms with Crippen LogP contribution in [-0.4, -0.2) is 0 Å². The van der Waals surface area contributed by atoms with E-state index in [0.29, 0.717) is 11.1 Å². The summed E-state index contributed by atoms with van der Waals surface area (Å²) in [4.78, 5) is 0. The maximum Gasteiger partial charge on any atom is 0.159 e. The van der Waals surface area contributed by atoms with Crippen molar-refractivity contribution in [2.75, 3.05) is 5.32 Å². The van der Waals surface area contributed by atoms with Gasteiger partial charge in [-0.05, 0) is 43.2 Å². The van der Waals surface area contributed by atoms with Gasteiger partial charge in [-0.3, -0.25) is 0 Å². The monoisotopic (exact) mass is 283 g/mol. The van der Waals surface area contributed by atoms with Gasteiger partial charge in [-0.25, -0.2) is 17.6 Å². The highest BCUT2D eigenvalue weighted by Gasteiger charge is 2.15. The molecule has 1 N–H and O–H groups in total. The molecular formula is C15H13F4N. The van der Waals surface area contributed by atoms with Gasteiger partial charge in [-0.15, -0.1) is 0 Å². The fourth-order valence-electron chi connectivity index (χ4n) is 1.87. The van der Waals surface area contributed by atoms with E-state index >= 15 is 0 Å². The molecule has 2 aromatic carbocycles. The normalized spacial score (nSPS) is 12.3. The zero-order valence-corrected chi connectivity index (χ0v) is 11.0. The lowest BCUT2D eigenvalue weighted by atomic mass is 10.1. The molecule has 0 aliphatic rings. The molecule has 0 heterocycles. The average molecular weight is 283 g/mol. The standard InChI is InChI=1S/C15H13F4N/c1-8-3-5-12(17)15(14(8)19)20-9(2)10-4-6-11(16)13(18)7-10/h3-7,9,20H,1-2H3. The van der Waals surface area contributed by atoms with Gasteiger partial charge in [0.2, 0.25) is 0 Å². The van der Waals surface area contributed by atoms with Crippen molar-refractivity contribution in [3.05, 3.63) is 64.7 Å². The summed E-state index contributed by atoms with van der Waals surface area (Å²) < 4.78 is 53.5. The maximum atomic E-state index is 13.8. The molecule has 0 fully saturated rings. The minimum Gasteiger partial charge on any atom is -0.374 e. The number of hydrogen-bond acceptors (Lipinski definition) is 1. The van der Waals surface area contributed by atoms with Crippen molar-refractivity contribution in [1.29, 1.82) is 0 Å². The van der Waals surface area contributed by atoms with Crippen LogP contribution in [0, 0.1) is 30.2 Å². The molecule has 0 saturated heterocycles. The molecule has 0 radical (unpaired) electrons. The summed E-state index contributed by atoms with van der Waals surface area (Å²) >= 11 is 0. The van der Waals surface area contributed by atoms with Crippen LogP contribution in [0.4, 0.5) is 23.2 Å². The topological polar surface area (TPSA) is 12.0 Å². The molecule has 0 spiro atoms. The van der Waals surface area contributed by atoms with Crippen molar-refractivity contribution in [2.24, 2.45) is 0 Å². The van der Waals surface area contributed by atoms with Crippen LogP contribution in [0.25, 0.3) is 0 Å². The van der Waals surface area contributed by atoms with Gasteiger partial charge in [0, 0.05) is 6.04 Å². The van der Waals surface area contributed by atoms with Gasteiger partial charge >= 0.3 is 0 Å². The molecule has 0 aliphatic carbocycles. The van der Waals surface area contributed by atoms with E-state index in [9.17, 15) is 17.6 Å². The van der Waals surface area contributed by atoms with E-state index in [1.54, 1.807) is 6.92 Å². The molecule has 2 rings (SSSR count). The molecule has 0 amide bonds. The largest absolute Gasteiger partial charge is 0.374 e. The second kappa shape index (κ2) is 5.53. The zero-order valence-electron chi connectivity index (χ0n) is 11.0. The Bertz CT molecular complexity index is 640. The van der Waals surface area contributed by atoms with Gasteiger partial charge < -0.3 is 5.32 Å². The molecule has 0 saturated carbocycles. The number of nitrogens with one attached hydrogen (secondary N) is 1. The van der Waals surface area contributed by atoms with Crippen LogP contribution in [-0.2, 0) is 0 Å². The summed E-state index contributed by atoms with van der Waals surface area (Å²) in [5.41, 5.74) is 0.415. The highest BCUT2D eigenvalue weighted by atomic mass is 19.2. The lowest BCUT2D eigenvalue weighted by Crippen LogP contribution is -2.10. The van der Waals surface area contributed by atoms with Crippen LogP contribution in [0.3, 0.4) is 0 Å². The Kier molecular flexibility index (Phi) is 3.97. The Morgan fingerprint density at radius 3 is 2.20 bits per heavy atom. The van der Waals surface area contributed by atoms with E-state index in [0.717, 1.165) is 18.2 Å². The van der Waals surface area contributed by atoms with E-state index in [-0.39, 0.29) is 5.69 Å². The third kappa shape index (κ3) is 2.76. The van der Waals surface area contributed by atoms with Crippen LogP contribution < -0.4 is 5.32 Å². The molecule has 1 atom stereocenters. The van der Waals surface area contributed by atoms with E-state index < -0.39 is 29.3 Å². The Morgan fingerprint density at radius 1 is 0.900 bits per heavy atom. The van der Waals surface area contributed by atoms with Crippen molar-refractivity contribution >= 4 is 5.69 Å². The third-order valence-electron chi connectivity index (χ3n) is 3.09. The van der Waals surface area contributed by atoms with Crippen molar-refractivity contribution < 1.29 is 17.6 Å². The fourth-order valence-corrected chi connectivity index (χ4v) is 1.87. The summed E-state index contributed by atoms with van der Waals surface area (Å²) in [5.74, 6) is -3.39. The minimum atomic E-state index is -0.999. The van der Waals surface area contributed by atoms with Crippen molar-refractivity contribution in [2.45, 2.75) is 19.9 Å². The van der Waals surface area contributed by atoms with Crippen LogP contribution >= 0.6 is 0 Å². The Hall–Kier alpha value is -2.04. The molecular weight excluding hydrogens is 270 g/mol. The molecule has 0 aliphatic heterocycles. The van der Waals surface area contributed by atoms with Crippen molar-refractivity contribution in [3.8, 4) is 0 Å². The van der Waals surface area contributed by atoms with Gasteiger partial charge in [0.25, 0.3) is 0 Å². The molecule has 20 heavy (non-hydrogen) atoms. The van der Waals surface area contributed by atoms with Crippen molar-refractivity contribution in [1.82, 2.24) is 0 Å². The number of halogens is 4. The molecule has 1 nitrogen and oxygen atoms in total. The second-order valence-electron chi connectivity index (χ2n) is 4.59. The third-order valence-corrected chi connectivity index (χ3v) is 3.09. The van der Waals surface area contributed by atoms with Crippen LogP contribution in [0.2, 0.25) is 0 Å². The first kappa shape index (κ1) is 14.4. The number of aryl methyl sites for hydroxylation is 1. The Balaban J connectivity index is 2.30. The summed E-state index contributed by atoms with van der Waals surface area (Å²) in [6, 6.07) is 5.25. The Morgan fingerprint density at radius 2 is 1.55 bits per heavy atom. The summed E-state index contributed by atoms with van der Waals surface area (Å²) in [5, 5.41) is 2.64. The average Bonchev–Trinajstić information content (AvgIpc) is 2.42. The Labute approximate surface area is 114 Å². The molecule has 0 aromatic heterocycles. The van der Waals surface area contributed by atoms with Gasteiger partial charge in [-0.2, -0.15) is 0 Å². The zero-order chi connectivity index (χ0) is 14.9. The molecule has 1 unspecified atom stereocenters. The number of benzene rings is 2. The number of hydrogen-bond donors (Lipinski definition) is 1. The van der Waals surface area contributed by atoms with Crippen molar-refractivity contribution in [3.63, 3.8) is 0 Å². The van der Waals surface area contributed by atoms with Gasteiger partial charge in [0.05, 0.1) is 0 Å².